The van der Waals surface area contributed by atoms with E-state index in [-0.39, 0.29) is 16.8 Å². The predicted molar refractivity (Wildman–Crippen MR) is 15.2 cm³/mol. The molecule has 0 N–H and O–H groups in total. The minimum atomic E-state index is -1.08. The van der Waals surface area contributed by atoms with Crippen molar-refractivity contribution in [2.45, 2.75) is 0 Å². The van der Waals surface area contributed by atoms with E-state index in [1.54, 1.807) is 0 Å². The van der Waals surface area contributed by atoms with Gasteiger partial charge in [-0.3, -0.25) is 9.13 Å². The SMILES string of the molecule is O=P[O-].O=P[O-].[Co+2]. The second-order valence-electron chi connectivity index (χ2n) is 0.149. The van der Waals surface area contributed by atoms with Gasteiger partial charge in [-0.25, -0.2) is 0 Å². The Kier molecular flexibility index (Phi) is 68.0. The number of hydrogen-bond donors (Lipinski definition) is 0. The van der Waals surface area contributed by atoms with Crippen molar-refractivity contribution < 1.29 is 35.7 Å². The second kappa shape index (κ2) is 30.4. The zero-order chi connectivity index (χ0) is 5.41. The summed E-state index contributed by atoms with van der Waals surface area (Å²) < 4.78 is 16.7. The predicted octanol–water partition coefficient (Wildman–Crippen LogP) is -0.896. The van der Waals surface area contributed by atoms with Crippen molar-refractivity contribution in [1.82, 2.24) is 0 Å². The number of hydrogen-bond acceptors (Lipinski definition) is 4. The van der Waals surface area contributed by atoms with Gasteiger partial charge in [-0.1, -0.05) is 0 Å². The summed E-state index contributed by atoms with van der Waals surface area (Å²) in [6.07, 6.45) is 0. The van der Waals surface area contributed by atoms with Gasteiger partial charge in [-0.2, -0.15) is 0 Å². The topological polar surface area (TPSA) is 80.3 Å². The molecule has 7 heavy (non-hydrogen) atoms. The van der Waals surface area contributed by atoms with Crippen LogP contribution in [0.25, 0.3) is 0 Å². The molecule has 0 atom stereocenters. The Balaban J connectivity index is -0.0000000400. The van der Waals surface area contributed by atoms with Crippen molar-refractivity contribution in [1.29, 1.82) is 0 Å². The quantitative estimate of drug-likeness (QED) is 0.458. The molecule has 0 heterocycles. The molecule has 0 aromatic rings. The van der Waals surface area contributed by atoms with Crippen LogP contribution in [0.2, 0.25) is 0 Å². The van der Waals surface area contributed by atoms with Crippen LogP contribution >= 0.6 is 17.4 Å². The van der Waals surface area contributed by atoms with E-state index in [0.29, 0.717) is 0 Å². The normalized spacial score (nSPS) is 6.00. The van der Waals surface area contributed by atoms with Crippen molar-refractivity contribution in [2.75, 3.05) is 0 Å². The van der Waals surface area contributed by atoms with E-state index in [4.69, 9.17) is 18.9 Å². The largest absolute Gasteiger partial charge is 2.00 e. The zero-order valence-electron chi connectivity index (χ0n) is 2.86. The summed E-state index contributed by atoms with van der Waals surface area (Å²) in [4.78, 5) is 16.7. The van der Waals surface area contributed by atoms with E-state index in [0.717, 1.165) is 0 Å². The van der Waals surface area contributed by atoms with Gasteiger partial charge in [0.2, 0.25) is 0 Å². The molecule has 0 bridgehead atoms. The van der Waals surface area contributed by atoms with E-state index in [9.17, 15) is 0 Å². The summed E-state index contributed by atoms with van der Waals surface area (Å²) in [6, 6.07) is 0. The third-order valence-corrected chi connectivity index (χ3v) is 0. The maximum atomic E-state index is 8.35. The van der Waals surface area contributed by atoms with Crippen molar-refractivity contribution in [2.24, 2.45) is 0 Å². The van der Waals surface area contributed by atoms with Crippen molar-refractivity contribution >= 4 is 17.4 Å². The fourth-order valence-corrected chi connectivity index (χ4v) is 0. The smallest absolute Gasteiger partial charge is 0.772 e. The molecule has 0 aromatic heterocycles. The Hall–Kier alpha value is 0.626. The first kappa shape index (κ1) is 15.6. The van der Waals surface area contributed by atoms with Crippen LogP contribution < -0.4 is 9.79 Å². The van der Waals surface area contributed by atoms with Crippen LogP contribution in [-0.2, 0) is 25.9 Å². The second-order valence-corrected chi connectivity index (χ2v) is 0.447. The zero-order valence-corrected chi connectivity index (χ0v) is 5.69. The van der Waals surface area contributed by atoms with Crippen LogP contribution in [0, 0.1) is 0 Å². The van der Waals surface area contributed by atoms with Gasteiger partial charge < -0.3 is 9.79 Å². The molecule has 0 aliphatic carbocycles. The molecule has 0 saturated heterocycles. The van der Waals surface area contributed by atoms with Gasteiger partial charge in [0.05, 0.1) is 17.4 Å². The molecule has 0 aliphatic rings. The Bertz CT molecular complexity index is 30.7. The summed E-state index contributed by atoms with van der Waals surface area (Å²) in [5, 5.41) is 0. The first-order valence-electron chi connectivity index (χ1n) is 0.730. The molecule has 1 radical (unpaired) electrons. The minimum absolute atomic E-state index is 0. The van der Waals surface area contributed by atoms with Gasteiger partial charge in [0.1, 0.15) is 0 Å². The fraction of sp³-hybridized carbons (Fsp3) is 0. The molecule has 0 spiro atoms. The van der Waals surface area contributed by atoms with Crippen LogP contribution in [0.5, 0.6) is 0 Å². The van der Waals surface area contributed by atoms with Crippen molar-refractivity contribution in [3.05, 3.63) is 0 Å². The van der Waals surface area contributed by atoms with E-state index < -0.39 is 17.4 Å². The summed E-state index contributed by atoms with van der Waals surface area (Å²) in [7, 11) is -2.17. The summed E-state index contributed by atoms with van der Waals surface area (Å²) in [5.74, 6) is 0. The summed E-state index contributed by atoms with van der Waals surface area (Å²) in [5.41, 5.74) is 0. The molecule has 0 saturated carbocycles. The monoisotopic (exact) mass is 185 g/mol. The maximum absolute atomic E-state index is 8.35. The van der Waals surface area contributed by atoms with Crippen LogP contribution in [-0.4, -0.2) is 0 Å². The van der Waals surface area contributed by atoms with Crippen LogP contribution in [0.3, 0.4) is 0 Å². The van der Waals surface area contributed by atoms with Gasteiger partial charge in [-0.15, -0.1) is 0 Å². The van der Waals surface area contributed by atoms with E-state index in [1.165, 1.54) is 0 Å². The molecular formula is CoO4P2. The maximum Gasteiger partial charge on any atom is 2.00 e. The first-order valence-corrected chi connectivity index (χ1v) is 2.19. The number of rotatable bonds is 0. The molecular weight excluding hydrogens is 185 g/mol. The molecule has 0 aromatic carbocycles. The molecule has 0 amide bonds. The van der Waals surface area contributed by atoms with Crippen molar-refractivity contribution in [3.8, 4) is 0 Å². The first-order chi connectivity index (χ1) is 2.83. The Labute approximate surface area is 53.7 Å². The molecule has 0 unspecified atom stereocenters. The average Bonchev–Trinajstić information content (AvgIpc) is 1.39. The van der Waals surface area contributed by atoms with Gasteiger partial charge in [0, 0.05) is 0 Å². The van der Waals surface area contributed by atoms with Gasteiger partial charge in [-0.05, 0) is 0 Å². The molecule has 43 valence electrons. The van der Waals surface area contributed by atoms with E-state index in [1.807, 2.05) is 0 Å². The Morgan fingerprint density at radius 1 is 1.00 bits per heavy atom. The van der Waals surface area contributed by atoms with Crippen LogP contribution in [0.15, 0.2) is 0 Å². The molecule has 7 heteroatoms. The van der Waals surface area contributed by atoms with Crippen LogP contribution in [0.1, 0.15) is 0 Å². The summed E-state index contributed by atoms with van der Waals surface area (Å²) >= 11 is 0. The Morgan fingerprint density at radius 3 is 1.00 bits per heavy atom. The third kappa shape index (κ3) is 361. The van der Waals surface area contributed by atoms with Crippen molar-refractivity contribution in [3.63, 3.8) is 0 Å². The molecule has 0 aliphatic heterocycles. The average molecular weight is 185 g/mol. The molecule has 0 fully saturated rings. The Morgan fingerprint density at radius 2 is 1.00 bits per heavy atom. The standard InChI is InChI=1S/Co.2HO2P/c;2*1-3-2/h;2*(H,1,2)/q+2;;/p-2. The van der Waals surface area contributed by atoms with Gasteiger partial charge in [0.15, 0.2) is 0 Å². The van der Waals surface area contributed by atoms with E-state index in [2.05, 4.69) is 0 Å². The van der Waals surface area contributed by atoms with Gasteiger partial charge >= 0.3 is 16.8 Å². The summed E-state index contributed by atoms with van der Waals surface area (Å²) in [6.45, 7) is 0. The third-order valence-electron chi connectivity index (χ3n) is 0. The fourth-order valence-electron chi connectivity index (χ4n) is 0. The minimum Gasteiger partial charge on any atom is -0.772 e. The van der Waals surface area contributed by atoms with Gasteiger partial charge in [0.25, 0.3) is 0 Å². The van der Waals surface area contributed by atoms with E-state index >= 15 is 0 Å². The van der Waals surface area contributed by atoms with Crippen LogP contribution in [0.4, 0.5) is 0 Å². The molecule has 0 rings (SSSR count). The molecule has 4 nitrogen and oxygen atoms in total.